The first-order valence-corrected chi connectivity index (χ1v) is 26.8. The minimum atomic E-state index is -2.09. The van der Waals surface area contributed by atoms with Gasteiger partial charge in [-0.05, 0) is 111 Å². The number of halogens is 2. The number of benzene rings is 1. The van der Waals surface area contributed by atoms with E-state index >= 15 is 0 Å². The molecule has 0 saturated carbocycles. The van der Waals surface area contributed by atoms with Gasteiger partial charge in [-0.2, -0.15) is 0 Å². The third kappa shape index (κ3) is 5.88. The Bertz CT molecular complexity index is 1740. The minimum Gasteiger partial charge on any atom is -0.142 e. The van der Waals surface area contributed by atoms with Gasteiger partial charge in [-0.3, -0.25) is 0 Å². The molecule has 0 bridgehead atoms. The van der Waals surface area contributed by atoms with E-state index < -0.39 is 16.1 Å². The zero-order valence-electron chi connectivity index (χ0n) is 30.7. The Labute approximate surface area is 325 Å². The van der Waals surface area contributed by atoms with Crippen LogP contribution in [0.1, 0.15) is 94.2 Å². The summed E-state index contributed by atoms with van der Waals surface area (Å²) in [6.45, 7) is 40.1. The van der Waals surface area contributed by atoms with Crippen molar-refractivity contribution >= 4 is 124 Å². The highest BCUT2D eigenvalue weighted by Crippen LogP contribution is 2.59. The third-order valence-electron chi connectivity index (χ3n) is 11.5. The molecule has 0 saturated heterocycles. The topological polar surface area (TPSA) is 0 Å². The van der Waals surface area contributed by atoms with Crippen molar-refractivity contribution in [2.24, 2.45) is 0 Å². The fraction of sp³-hybridized carbons (Fsp3) is 0.450. The van der Waals surface area contributed by atoms with E-state index in [1.54, 1.807) is 0 Å². The lowest BCUT2D eigenvalue weighted by Crippen LogP contribution is -2.46. The van der Waals surface area contributed by atoms with Gasteiger partial charge in [0.15, 0.2) is 0 Å². The quantitative estimate of drug-likeness (QED) is 0.110. The summed E-state index contributed by atoms with van der Waals surface area (Å²) >= 11 is 15.4. The van der Waals surface area contributed by atoms with E-state index in [0.717, 1.165) is 0 Å². The maximum atomic E-state index is 5.19. The molecule has 1 aromatic carbocycles. The fourth-order valence-electron chi connectivity index (χ4n) is 10.1. The summed E-state index contributed by atoms with van der Waals surface area (Å²) in [6, 6.07) is 9.43. The summed E-state index contributed by atoms with van der Waals surface area (Å²) in [6.07, 6.45) is 0. The molecule has 0 atom stereocenters. The number of fused-ring (bicyclic) bond motifs is 2. The van der Waals surface area contributed by atoms with Gasteiger partial charge in [0, 0.05) is 38.9 Å². The predicted octanol–water partition coefficient (Wildman–Crippen LogP) is 17.6. The second kappa shape index (κ2) is 14.4. The predicted molar refractivity (Wildman–Crippen MR) is 239 cm³/mol. The normalized spacial score (nSPS) is 13.2. The number of hydrogen-bond acceptors (Lipinski definition) is 4. The van der Waals surface area contributed by atoms with Gasteiger partial charge in [-0.15, -0.1) is 45.3 Å². The zero-order valence-corrected chi connectivity index (χ0v) is 39.2. The van der Waals surface area contributed by atoms with Crippen molar-refractivity contribution in [2.45, 2.75) is 116 Å². The van der Waals surface area contributed by atoms with Crippen LogP contribution in [0, 0.1) is 0 Å². The molecule has 0 amide bonds. The zero-order chi connectivity index (χ0) is 35.6. The Kier molecular flexibility index (Phi) is 11.6. The molecule has 258 valence electrons. The van der Waals surface area contributed by atoms with Crippen molar-refractivity contribution in [1.82, 2.24) is 0 Å². The Morgan fingerprint density at radius 3 is 1.06 bits per heavy atom. The van der Waals surface area contributed by atoms with Crippen LogP contribution in [0.2, 0.25) is 33.2 Å². The van der Waals surface area contributed by atoms with E-state index in [-0.39, 0.29) is 0 Å². The van der Waals surface area contributed by atoms with E-state index in [1.807, 2.05) is 45.3 Å². The summed E-state index contributed by atoms with van der Waals surface area (Å²) in [7, 11) is -4.17. The Morgan fingerprint density at radius 2 is 0.833 bits per heavy atom. The van der Waals surface area contributed by atoms with Crippen LogP contribution in [0.3, 0.4) is 0 Å². The van der Waals surface area contributed by atoms with Crippen LogP contribution < -0.4 is 0 Å². The van der Waals surface area contributed by atoms with Crippen molar-refractivity contribution in [3.8, 4) is 19.5 Å². The van der Waals surface area contributed by atoms with Crippen LogP contribution in [0.25, 0.3) is 50.1 Å². The Hall–Kier alpha value is -0.586. The lowest BCUT2D eigenvalue weighted by atomic mass is 10.0. The summed E-state index contributed by atoms with van der Waals surface area (Å²) in [5.41, 5.74) is 6.27. The van der Waals surface area contributed by atoms with Crippen LogP contribution in [0.5, 0.6) is 0 Å². The third-order valence-corrected chi connectivity index (χ3v) is 31.9. The number of hydrogen-bond donors (Lipinski definition) is 0. The molecule has 0 aliphatic carbocycles. The van der Waals surface area contributed by atoms with Crippen molar-refractivity contribution in [2.75, 3.05) is 0 Å². The van der Waals surface area contributed by atoms with Crippen LogP contribution in [-0.2, 0) is 0 Å². The maximum absolute atomic E-state index is 5.19. The van der Waals surface area contributed by atoms with Gasteiger partial charge in [0.25, 0.3) is 0 Å². The second-order valence-corrected chi connectivity index (χ2v) is 32.9. The second-order valence-electron chi connectivity index (χ2n) is 15.4. The van der Waals surface area contributed by atoms with E-state index in [9.17, 15) is 0 Å². The first-order chi connectivity index (χ1) is 22.4. The summed E-state index contributed by atoms with van der Waals surface area (Å²) in [4.78, 5) is 5.31. The Morgan fingerprint density at radius 1 is 0.542 bits per heavy atom. The largest absolute Gasteiger partial charge is 0.142 e. The van der Waals surface area contributed by atoms with Crippen molar-refractivity contribution in [3.63, 3.8) is 0 Å². The van der Waals surface area contributed by atoms with Crippen LogP contribution in [0.15, 0.2) is 57.1 Å². The van der Waals surface area contributed by atoms with Crippen LogP contribution in [-0.4, -0.2) is 16.1 Å². The smallest absolute Gasteiger partial charge is 0.0943 e. The van der Waals surface area contributed by atoms with E-state index in [1.165, 1.54) is 70.1 Å². The van der Waals surface area contributed by atoms with Gasteiger partial charge in [0.2, 0.25) is 0 Å². The van der Waals surface area contributed by atoms with Gasteiger partial charge in [0.1, 0.15) is 0 Å². The van der Waals surface area contributed by atoms with E-state index in [4.69, 9.17) is 13.2 Å². The lowest BCUT2D eigenvalue weighted by molar-refractivity contribution is 0.837. The SMILES string of the molecule is C=C(c1c2cc(-c3sccc3Br)sc2c(C(=C)[Si](C(C)C)(C(C)C)C(C)C)c2cc(-c3sccc3Br)sc12)[Si](C(C)C)(C(C)C)C(C)C. The highest BCUT2D eigenvalue weighted by atomic mass is 79.9. The average molecular weight is 877 g/mol. The molecule has 0 unspecified atom stereocenters. The molecule has 0 radical (unpaired) electrons. The monoisotopic (exact) mass is 874 g/mol. The summed E-state index contributed by atoms with van der Waals surface area (Å²) < 4.78 is 5.17. The van der Waals surface area contributed by atoms with Gasteiger partial charge < -0.3 is 0 Å². The first kappa shape index (κ1) is 38.6. The molecule has 0 aliphatic rings. The number of rotatable bonds is 12. The van der Waals surface area contributed by atoms with Gasteiger partial charge >= 0.3 is 0 Å². The van der Waals surface area contributed by atoms with Crippen LogP contribution >= 0.6 is 77.2 Å². The molecule has 5 rings (SSSR count). The van der Waals surface area contributed by atoms with E-state index in [0.29, 0.717) is 33.2 Å². The molecule has 8 heteroatoms. The van der Waals surface area contributed by atoms with Crippen molar-refractivity contribution in [3.05, 3.63) is 68.3 Å². The fourth-order valence-corrected chi connectivity index (χ4v) is 30.0. The molecule has 5 aromatic rings. The molecule has 0 fully saturated rings. The van der Waals surface area contributed by atoms with E-state index in [2.05, 4.69) is 150 Å². The lowest BCUT2D eigenvalue weighted by Gasteiger charge is -2.46. The molecule has 48 heavy (non-hydrogen) atoms. The number of thiophene rings is 4. The highest BCUT2D eigenvalue weighted by Gasteiger charge is 2.49. The molecule has 0 aliphatic heterocycles. The van der Waals surface area contributed by atoms with Crippen molar-refractivity contribution in [1.29, 1.82) is 0 Å². The minimum absolute atomic E-state index is 0.572. The van der Waals surface area contributed by atoms with Gasteiger partial charge in [-0.1, -0.05) is 107 Å². The molecule has 0 nitrogen and oxygen atoms in total. The first-order valence-electron chi connectivity index (χ1n) is 17.3. The molecule has 0 spiro atoms. The molecule has 0 N–H and O–H groups in total. The maximum Gasteiger partial charge on any atom is 0.0943 e. The molecule has 4 heterocycles. The molecular weight excluding hydrogens is 825 g/mol. The highest BCUT2D eigenvalue weighted by molar-refractivity contribution is 9.11. The van der Waals surface area contributed by atoms with Gasteiger partial charge in [0.05, 0.1) is 25.9 Å². The van der Waals surface area contributed by atoms with Crippen LogP contribution in [0.4, 0.5) is 0 Å². The van der Waals surface area contributed by atoms with Crippen molar-refractivity contribution < 1.29 is 0 Å². The molecular formula is C40H52Br2S4Si2. The average Bonchev–Trinajstić information content (AvgIpc) is 3.77. The Balaban J connectivity index is 2.04. The summed E-state index contributed by atoms with van der Waals surface area (Å²) in [5, 5.41) is 10.1. The standard InChI is InChI=1S/C40H52Br2S4Si2/c1-21(2)47(22(3)4,23(5)6)27(13)35-29-19-33(39-31(41)15-17-43-39)46-38(29)36(28(14)48(24(7)8,25(9)10)26(11)12)30-20-34(45-37(30)35)40-32(42)16-18-44-40/h15-26H,13-14H2,1-12H3. The molecule has 4 aromatic heterocycles. The summed E-state index contributed by atoms with van der Waals surface area (Å²) in [5.74, 6) is 0. The van der Waals surface area contributed by atoms with Gasteiger partial charge in [-0.25, -0.2) is 0 Å².